The smallest absolute Gasteiger partial charge is 0.273 e. The molecule has 0 saturated carbocycles. The minimum absolute atomic E-state index is 0.00156. The molecule has 0 unspecified atom stereocenters. The first-order valence-corrected chi connectivity index (χ1v) is 5.64. The minimum Gasteiger partial charge on any atom is -0.482 e. The molecular formula is C11H13ClN2O4. The van der Waals surface area contributed by atoms with Crippen LogP contribution in [0.25, 0.3) is 0 Å². The quantitative estimate of drug-likeness (QED) is 0.658. The molecule has 0 aliphatic rings. The number of carbonyl (C=O) groups is 1. The molecule has 98 valence electrons. The van der Waals surface area contributed by atoms with Crippen molar-refractivity contribution in [2.24, 2.45) is 0 Å². The van der Waals surface area contributed by atoms with Crippen LogP contribution in [-0.4, -0.2) is 23.5 Å². The predicted octanol–water partition coefficient (Wildman–Crippen LogP) is 2.15. The number of halogens is 1. The number of hydrogen-bond donors (Lipinski definition) is 1. The third-order valence-corrected chi connectivity index (χ3v) is 2.25. The maximum absolute atomic E-state index is 11.3. The van der Waals surface area contributed by atoms with Crippen LogP contribution < -0.4 is 10.1 Å². The topological polar surface area (TPSA) is 81.5 Å². The van der Waals surface area contributed by atoms with E-state index in [0.717, 1.165) is 0 Å². The van der Waals surface area contributed by atoms with Crippen molar-refractivity contribution in [1.29, 1.82) is 0 Å². The molecule has 6 nitrogen and oxygen atoms in total. The highest BCUT2D eigenvalue weighted by molar-refractivity contribution is 6.32. The third-order valence-electron chi connectivity index (χ3n) is 1.93. The number of non-ortho nitro benzene ring substituents is 1. The monoisotopic (exact) mass is 272 g/mol. The summed E-state index contributed by atoms with van der Waals surface area (Å²) in [4.78, 5) is 21.4. The lowest BCUT2D eigenvalue weighted by Crippen LogP contribution is -2.34. The maximum Gasteiger partial charge on any atom is 0.273 e. The molecule has 7 heteroatoms. The highest BCUT2D eigenvalue weighted by Crippen LogP contribution is 2.28. The fraction of sp³-hybridized carbons (Fsp3) is 0.364. The van der Waals surface area contributed by atoms with E-state index in [4.69, 9.17) is 16.3 Å². The molecule has 0 aliphatic carbocycles. The van der Waals surface area contributed by atoms with Gasteiger partial charge in [0, 0.05) is 12.1 Å². The van der Waals surface area contributed by atoms with Gasteiger partial charge in [0.2, 0.25) is 0 Å². The zero-order chi connectivity index (χ0) is 13.7. The van der Waals surface area contributed by atoms with Crippen molar-refractivity contribution in [3.8, 4) is 5.75 Å². The Morgan fingerprint density at radius 3 is 2.78 bits per heavy atom. The summed E-state index contributed by atoms with van der Waals surface area (Å²) in [5.74, 6) is -0.197. The van der Waals surface area contributed by atoms with Crippen molar-refractivity contribution in [3.05, 3.63) is 33.3 Å². The van der Waals surface area contributed by atoms with E-state index in [2.05, 4.69) is 5.32 Å². The first-order chi connectivity index (χ1) is 8.40. The highest BCUT2D eigenvalue weighted by atomic mass is 35.5. The summed E-state index contributed by atoms with van der Waals surface area (Å²) >= 11 is 5.81. The van der Waals surface area contributed by atoms with Gasteiger partial charge >= 0.3 is 0 Å². The Hall–Kier alpha value is -1.82. The lowest BCUT2D eigenvalue weighted by Gasteiger charge is -2.10. The number of benzene rings is 1. The van der Waals surface area contributed by atoms with Crippen LogP contribution in [0.2, 0.25) is 5.02 Å². The molecule has 0 aromatic heterocycles. The number of hydrogen-bond acceptors (Lipinski definition) is 4. The standard InChI is InChI=1S/C11H13ClN2O4/c1-7(2)13-11(15)6-18-10-5-8(14(16)17)3-4-9(10)12/h3-5,7H,6H2,1-2H3,(H,13,15). The second-order valence-corrected chi connectivity index (χ2v) is 4.29. The fourth-order valence-electron chi connectivity index (χ4n) is 1.22. The van der Waals surface area contributed by atoms with E-state index >= 15 is 0 Å². The van der Waals surface area contributed by atoms with Gasteiger partial charge < -0.3 is 10.1 Å². The summed E-state index contributed by atoms with van der Waals surface area (Å²) in [6, 6.07) is 3.81. The van der Waals surface area contributed by atoms with Gasteiger partial charge in [-0.3, -0.25) is 14.9 Å². The van der Waals surface area contributed by atoms with E-state index < -0.39 is 4.92 Å². The van der Waals surface area contributed by atoms with Crippen LogP contribution in [0.15, 0.2) is 18.2 Å². The first-order valence-electron chi connectivity index (χ1n) is 5.26. The normalized spacial score (nSPS) is 10.2. The van der Waals surface area contributed by atoms with Gasteiger partial charge in [0.05, 0.1) is 16.0 Å². The maximum atomic E-state index is 11.3. The van der Waals surface area contributed by atoms with Crippen molar-refractivity contribution < 1.29 is 14.5 Å². The molecule has 0 spiro atoms. The van der Waals surface area contributed by atoms with Crippen LogP contribution in [0.5, 0.6) is 5.75 Å². The highest BCUT2D eigenvalue weighted by Gasteiger charge is 2.12. The summed E-state index contributed by atoms with van der Waals surface area (Å²) in [7, 11) is 0. The van der Waals surface area contributed by atoms with Crippen LogP contribution in [0.1, 0.15) is 13.8 Å². The average molecular weight is 273 g/mol. The second-order valence-electron chi connectivity index (χ2n) is 3.88. The second kappa shape index (κ2) is 6.20. The molecule has 1 rings (SSSR count). The number of ether oxygens (including phenoxy) is 1. The molecular weight excluding hydrogens is 260 g/mol. The molecule has 1 aromatic rings. The number of nitro benzene ring substituents is 1. The number of nitrogens with one attached hydrogen (secondary N) is 1. The molecule has 1 N–H and O–H groups in total. The molecule has 0 atom stereocenters. The molecule has 18 heavy (non-hydrogen) atoms. The van der Waals surface area contributed by atoms with E-state index in [1.807, 2.05) is 13.8 Å². The number of nitrogens with zero attached hydrogens (tertiary/aromatic N) is 1. The van der Waals surface area contributed by atoms with E-state index in [1.165, 1.54) is 18.2 Å². The number of carbonyl (C=O) groups excluding carboxylic acids is 1. The lowest BCUT2D eigenvalue weighted by molar-refractivity contribution is -0.384. The summed E-state index contributed by atoms with van der Waals surface area (Å²) in [6.07, 6.45) is 0. The summed E-state index contributed by atoms with van der Waals surface area (Å²) in [5, 5.41) is 13.4. The van der Waals surface area contributed by atoms with E-state index in [-0.39, 0.29) is 35.0 Å². The molecule has 0 fully saturated rings. The number of nitro groups is 1. The molecule has 1 aromatic carbocycles. The van der Waals surface area contributed by atoms with Gasteiger partial charge in [-0.15, -0.1) is 0 Å². The SMILES string of the molecule is CC(C)NC(=O)COc1cc([N+](=O)[O-])ccc1Cl. The zero-order valence-electron chi connectivity index (χ0n) is 9.97. The van der Waals surface area contributed by atoms with Gasteiger partial charge in [0.25, 0.3) is 11.6 Å². The summed E-state index contributed by atoms with van der Waals surface area (Å²) in [6.45, 7) is 3.40. The Kier molecular flexibility index (Phi) is 4.91. The minimum atomic E-state index is -0.558. The van der Waals surface area contributed by atoms with Crippen molar-refractivity contribution >= 4 is 23.2 Å². The van der Waals surface area contributed by atoms with Crippen molar-refractivity contribution in [3.63, 3.8) is 0 Å². The van der Waals surface area contributed by atoms with E-state index in [0.29, 0.717) is 0 Å². The Bertz CT molecular complexity index is 462. The van der Waals surface area contributed by atoms with Crippen LogP contribution >= 0.6 is 11.6 Å². The van der Waals surface area contributed by atoms with Gasteiger partial charge in [-0.25, -0.2) is 0 Å². The van der Waals surface area contributed by atoms with E-state index in [1.54, 1.807) is 0 Å². The molecule has 0 heterocycles. The Morgan fingerprint density at radius 2 is 2.22 bits per heavy atom. The fourth-order valence-corrected chi connectivity index (χ4v) is 1.40. The van der Waals surface area contributed by atoms with Gasteiger partial charge in [-0.2, -0.15) is 0 Å². The van der Waals surface area contributed by atoms with Crippen LogP contribution in [-0.2, 0) is 4.79 Å². The Morgan fingerprint density at radius 1 is 1.56 bits per heavy atom. The lowest BCUT2D eigenvalue weighted by atomic mass is 10.3. The largest absolute Gasteiger partial charge is 0.482 e. The summed E-state index contributed by atoms with van der Waals surface area (Å²) in [5.41, 5.74) is -0.140. The number of rotatable bonds is 5. The van der Waals surface area contributed by atoms with Crippen molar-refractivity contribution in [1.82, 2.24) is 5.32 Å². The van der Waals surface area contributed by atoms with Crippen LogP contribution in [0.3, 0.4) is 0 Å². The average Bonchev–Trinajstić information content (AvgIpc) is 2.26. The van der Waals surface area contributed by atoms with Gasteiger partial charge in [0.1, 0.15) is 5.75 Å². The zero-order valence-corrected chi connectivity index (χ0v) is 10.7. The molecule has 0 radical (unpaired) electrons. The van der Waals surface area contributed by atoms with Crippen molar-refractivity contribution in [2.75, 3.05) is 6.61 Å². The Balaban J connectivity index is 2.69. The van der Waals surface area contributed by atoms with E-state index in [9.17, 15) is 14.9 Å². The van der Waals surface area contributed by atoms with Crippen LogP contribution in [0.4, 0.5) is 5.69 Å². The molecule has 1 amide bonds. The third kappa shape index (κ3) is 4.21. The molecule has 0 bridgehead atoms. The molecule has 0 aliphatic heterocycles. The Labute approximate surface area is 109 Å². The summed E-state index contributed by atoms with van der Waals surface area (Å²) < 4.78 is 5.14. The van der Waals surface area contributed by atoms with Gasteiger partial charge in [0.15, 0.2) is 6.61 Å². The predicted molar refractivity (Wildman–Crippen MR) is 66.9 cm³/mol. The van der Waals surface area contributed by atoms with Crippen LogP contribution in [0, 0.1) is 10.1 Å². The molecule has 0 saturated heterocycles. The van der Waals surface area contributed by atoms with Gasteiger partial charge in [-0.05, 0) is 19.9 Å². The first kappa shape index (κ1) is 14.2. The van der Waals surface area contributed by atoms with Gasteiger partial charge in [-0.1, -0.05) is 11.6 Å². The number of amides is 1. The van der Waals surface area contributed by atoms with Crippen molar-refractivity contribution in [2.45, 2.75) is 19.9 Å².